The van der Waals surface area contributed by atoms with Crippen molar-refractivity contribution in [1.29, 1.82) is 0 Å². The Labute approximate surface area is 191 Å². The molecule has 184 valence electrons. The van der Waals surface area contributed by atoms with Crippen molar-refractivity contribution in [3.63, 3.8) is 0 Å². The molecule has 3 fully saturated rings. The predicted molar refractivity (Wildman–Crippen MR) is 112 cm³/mol. The van der Waals surface area contributed by atoms with Gasteiger partial charge in [-0.1, -0.05) is 12.8 Å². The van der Waals surface area contributed by atoms with E-state index in [4.69, 9.17) is 14.6 Å². The molecular weight excluding hydrogens is 441 g/mol. The third-order valence-corrected chi connectivity index (χ3v) is 6.83. The van der Waals surface area contributed by atoms with Gasteiger partial charge in [0.05, 0.1) is 5.54 Å². The fraction of sp³-hybridized carbons (Fsp3) is 0.727. The molecule has 3 aliphatic rings. The number of hydrogen-bond donors (Lipinski definition) is 1. The zero-order valence-electron chi connectivity index (χ0n) is 18.8. The fourth-order valence-electron chi connectivity index (χ4n) is 4.89. The summed E-state index contributed by atoms with van der Waals surface area (Å²) in [4.78, 5) is 33.8. The Hall–Kier alpha value is -2.27. The molecular formula is C22H31F3N4O4. The highest BCUT2D eigenvalue weighted by Gasteiger charge is 2.51. The van der Waals surface area contributed by atoms with Crippen molar-refractivity contribution in [3.05, 3.63) is 24.3 Å². The summed E-state index contributed by atoms with van der Waals surface area (Å²) in [7, 11) is 2.20. The van der Waals surface area contributed by atoms with Gasteiger partial charge in [0.15, 0.2) is 0 Å². The van der Waals surface area contributed by atoms with Gasteiger partial charge >= 0.3 is 12.1 Å². The quantitative estimate of drug-likeness (QED) is 0.704. The SMILES string of the molecule is CN1CCC(COCC2CCCC2)CC12CN(C(=O)c1ccncn1)C2.O=C(O)C(F)(F)F. The summed E-state index contributed by atoms with van der Waals surface area (Å²) in [6.07, 6.45) is 5.75. The van der Waals surface area contributed by atoms with Crippen LogP contribution in [0.5, 0.6) is 0 Å². The Bertz CT molecular complexity index is 797. The Kier molecular flexibility index (Phi) is 8.28. The number of carboxylic acid groups (broad SMARTS) is 1. The van der Waals surface area contributed by atoms with Gasteiger partial charge in [-0.05, 0) is 57.2 Å². The van der Waals surface area contributed by atoms with Crippen LogP contribution in [0, 0.1) is 11.8 Å². The number of likely N-dealkylation sites (N-methyl/N-ethyl adjacent to an activating group) is 1. The van der Waals surface area contributed by atoms with Crippen molar-refractivity contribution in [3.8, 4) is 0 Å². The molecule has 1 aliphatic carbocycles. The summed E-state index contributed by atoms with van der Waals surface area (Å²) in [5, 5.41) is 7.12. The number of ether oxygens (including phenoxy) is 1. The molecule has 0 radical (unpaired) electrons. The third kappa shape index (κ3) is 6.63. The first-order chi connectivity index (χ1) is 15.6. The molecule has 1 amide bonds. The maximum atomic E-state index is 12.6. The number of carboxylic acids is 1. The lowest BCUT2D eigenvalue weighted by Gasteiger charge is -2.58. The van der Waals surface area contributed by atoms with Crippen molar-refractivity contribution in [1.82, 2.24) is 19.8 Å². The van der Waals surface area contributed by atoms with Gasteiger partial charge in [0.25, 0.3) is 5.91 Å². The highest BCUT2D eigenvalue weighted by atomic mass is 19.4. The molecule has 0 bridgehead atoms. The number of likely N-dealkylation sites (tertiary alicyclic amines) is 2. The summed E-state index contributed by atoms with van der Waals surface area (Å²) >= 11 is 0. The monoisotopic (exact) mass is 472 g/mol. The van der Waals surface area contributed by atoms with Crippen LogP contribution in [-0.2, 0) is 9.53 Å². The molecule has 1 saturated carbocycles. The van der Waals surface area contributed by atoms with Gasteiger partial charge in [-0.25, -0.2) is 14.8 Å². The van der Waals surface area contributed by atoms with Crippen LogP contribution >= 0.6 is 0 Å². The summed E-state index contributed by atoms with van der Waals surface area (Å²) in [5.74, 6) is -1.33. The number of aliphatic carboxylic acids is 1. The van der Waals surface area contributed by atoms with E-state index in [1.807, 2.05) is 4.90 Å². The van der Waals surface area contributed by atoms with E-state index >= 15 is 0 Å². The molecule has 2 saturated heterocycles. The molecule has 8 nitrogen and oxygen atoms in total. The number of alkyl halides is 3. The molecule has 2 aliphatic heterocycles. The van der Waals surface area contributed by atoms with Gasteiger partial charge < -0.3 is 14.7 Å². The van der Waals surface area contributed by atoms with Gasteiger partial charge in [-0.15, -0.1) is 0 Å². The smallest absolute Gasteiger partial charge is 0.475 e. The molecule has 33 heavy (non-hydrogen) atoms. The number of piperidine rings is 1. The number of hydrogen-bond acceptors (Lipinski definition) is 6. The van der Waals surface area contributed by atoms with Gasteiger partial charge in [0.2, 0.25) is 0 Å². The number of nitrogens with zero attached hydrogens (tertiary/aromatic N) is 4. The van der Waals surface area contributed by atoms with E-state index in [9.17, 15) is 18.0 Å². The molecule has 1 atom stereocenters. The lowest BCUT2D eigenvalue weighted by Crippen LogP contribution is -2.72. The predicted octanol–water partition coefficient (Wildman–Crippen LogP) is 2.85. The number of carbonyl (C=O) groups is 2. The normalized spacial score (nSPS) is 23.0. The standard InChI is InChI=1S/C20H30N4O2.C2HF3O2/c1-23-9-7-17(12-26-11-16-4-2-3-5-16)10-20(23)13-24(14-20)19(25)18-6-8-21-15-22-18;3-2(4,5)1(6)7/h6,8,15-17H,2-5,7,9-14H2,1H3;(H,6,7). The first kappa shape index (κ1) is 25.4. The third-order valence-electron chi connectivity index (χ3n) is 6.83. The van der Waals surface area contributed by atoms with E-state index < -0.39 is 12.1 Å². The first-order valence-electron chi connectivity index (χ1n) is 11.2. The second kappa shape index (κ2) is 10.8. The Morgan fingerprint density at radius 1 is 1.18 bits per heavy atom. The topological polar surface area (TPSA) is 95.9 Å². The number of aromatic nitrogens is 2. The lowest BCUT2D eigenvalue weighted by atomic mass is 9.75. The summed E-state index contributed by atoms with van der Waals surface area (Å²) < 4.78 is 37.8. The lowest BCUT2D eigenvalue weighted by molar-refractivity contribution is -0.192. The van der Waals surface area contributed by atoms with Crippen molar-refractivity contribution >= 4 is 11.9 Å². The minimum absolute atomic E-state index is 0.0195. The Morgan fingerprint density at radius 3 is 2.39 bits per heavy atom. The highest BCUT2D eigenvalue weighted by molar-refractivity contribution is 5.93. The van der Waals surface area contributed by atoms with E-state index in [-0.39, 0.29) is 11.4 Å². The molecule has 1 unspecified atom stereocenters. The molecule has 0 aromatic carbocycles. The van der Waals surface area contributed by atoms with E-state index in [1.165, 1.54) is 38.4 Å². The van der Waals surface area contributed by atoms with Gasteiger partial charge in [0, 0.05) is 32.5 Å². The van der Waals surface area contributed by atoms with Crippen LogP contribution in [0.1, 0.15) is 49.0 Å². The minimum atomic E-state index is -5.08. The Balaban J connectivity index is 0.000000383. The molecule has 4 rings (SSSR count). The van der Waals surface area contributed by atoms with Crippen LogP contribution in [0.25, 0.3) is 0 Å². The first-order valence-corrected chi connectivity index (χ1v) is 11.2. The summed E-state index contributed by atoms with van der Waals surface area (Å²) in [6, 6.07) is 1.69. The van der Waals surface area contributed by atoms with Crippen molar-refractivity contribution in [2.75, 3.05) is 39.9 Å². The maximum Gasteiger partial charge on any atom is 0.490 e. The maximum absolute atomic E-state index is 12.6. The number of amides is 1. The van der Waals surface area contributed by atoms with Crippen LogP contribution in [0.4, 0.5) is 13.2 Å². The van der Waals surface area contributed by atoms with Crippen LogP contribution in [-0.4, -0.2) is 88.4 Å². The van der Waals surface area contributed by atoms with E-state index in [1.54, 1.807) is 12.3 Å². The molecule has 1 aromatic rings. The molecule has 1 aromatic heterocycles. The summed E-state index contributed by atoms with van der Waals surface area (Å²) in [6.45, 7) is 4.51. The van der Waals surface area contributed by atoms with Crippen LogP contribution in [0.2, 0.25) is 0 Å². The van der Waals surface area contributed by atoms with Gasteiger partial charge in [-0.2, -0.15) is 13.2 Å². The second-order valence-corrected chi connectivity index (χ2v) is 9.25. The zero-order valence-corrected chi connectivity index (χ0v) is 18.8. The number of halogens is 3. The number of rotatable bonds is 5. The van der Waals surface area contributed by atoms with E-state index in [0.717, 1.165) is 45.2 Å². The molecule has 1 N–H and O–H groups in total. The van der Waals surface area contributed by atoms with Crippen LogP contribution in [0.15, 0.2) is 18.6 Å². The molecule has 3 heterocycles. The summed E-state index contributed by atoms with van der Waals surface area (Å²) in [5.41, 5.74) is 0.618. The largest absolute Gasteiger partial charge is 0.490 e. The minimum Gasteiger partial charge on any atom is -0.475 e. The van der Waals surface area contributed by atoms with Crippen LogP contribution in [0.3, 0.4) is 0 Å². The van der Waals surface area contributed by atoms with E-state index in [2.05, 4.69) is 21.9 Å². The number of carbonyl (C=O) groups excluding carboxylic acids is 1. The van der Waals surface area contributed by atoms with Crippen LogP contribution < -0.4 is 0 Å². The zero-order chi connectivity index (χ0) is 24.1. The average Bonchev–Trinajstić information content (AvgIpc) is 3.27. The van der Waals surface area contributed by atoms with Crippen molar-refractivity contribution in [2.24, 2.45) is 11.8 Å². The van der Waals surface area contributed by atoms with Gasteiger partial charge in [-0.3, -0.25) is 9.69 Å². The second-order valence-electron chi connectivity index (χ2n) is 9.25. The molecule has 1 spiro atoms. The fourth-order valence-corrected chi connectivity index (χ4v) is 4.89. The van der Waals surface area contributed by atoms with Gasteiger partial charge in [0.1, 0.15) is 12.0 Å². The highest BCUT2D eigenvalue weighted by Crippen LogP contribution is 2.39. The van der Waals surface area contributed by atoms with Crippen molar-refractivity contribution in [2.45, 2.75) is 50.2 Å². The molecule has 11 heteroatoms. The van der Waals surface area contributed by atoms with E-state index in [0.29, 0.717) is 11.6 Å². The van der Waals surface area contributed by atoms with Crippen molar-refractivity contribution < 1.29 is 32.6 Å². The average molecular weight is 473 g/mol. The Morgan fingerprint density at radius 2 is 1.82 bits per heavy atom.